The second-order valence-corrected chi connectivity index (χ2v) is 15.0. The van der Waals surface area contributed by atoms with Crippen molar-refractivity contribution in [1.82, 2.24) is 4.57 Å². The van der Waals surface area contributed by atoms with Crippen molar-refractivity contribution < 1.29 is 0 Å². The third-order valence-electron chi connectivity index (χ3n) is 11.5. The van der Waals surface area contributed by atoms with Crippen LogP contribution < -0.4 is 0 Å². The van der Waals surface area contributed by atoms with Gasteiger partial charge in [0.25, 0.3) is 0 Å². The molecular weight excluding hydrogens is 591 g/mol. The van der Waals surface area contributed by atoms with Crippen molar-refractivity contribution in [2.45, 2.75) is 38.5 Å². The molecule has 2 aliphatic rings. The molecule has 1 heteroatoms. The first-order valence-electron chi connectivity index (χ1n) is 17.4. The van der Waals surface area contributed by atoms with Crippen LogP contribution in [0.1, 0.15) is 49.9 Å². The third kappa shape index (κ3) is 3.88. The molecule has 0 unspecified atom stereocenters. The molecule has 0 radical (unpaired) electrons. The third-order valence-corrected chi connectivity index (χ3v) is 11.5. The Kier molecular flexibility index (Phi) is 5.75. The number of aromatic nitrogens is 1. The van der Waals surface area contributed by atoms with Crippen molar-refractivity contribution in [3.8, 4) is 50.2 Å². The highest BCUT2D eigenvalue weighted by atomic mass is 15.0. The molecule has 234 valence electrons. The van der Waals surface area contributed by atoms with Crippen molar-refractivity contribution in [2.24, 2.45) is 0 Å². The van der Waals surface area contributed by atoms with Gasteiger partial charge in [0.2, 0.25) is 0 Å². The van der Waals surface area contributed by atoms with Crippen molar-refractivity contribution in [3.05, 3.63) is 174 Å². The van der Waals surface area contributed by atoms with Crippen LogP contribution in [0.4, 0.5) is 0 Å². The normalized spacial score (nSPS) is 14.9. The molecule has 2 aliphatic carbocycles. The summed E-state index contributed by atoms with van der Waals surface area (Å²) in [4.78, 5) is 0. The summed E-state index contributed by atoms with van der Waals surface area (Å²) in [6.07, 6.45) is 0. The standard InChI is InChI=1S/C48H37N/c1-47(2)41-25-21-33(32-16-12-15-31(27-32)30-13-6-5-7-14-30)28-39(41)37-23-24-38-40-29-34(22-26-42(40)48(3,4)46(38)45(37)47)49-43-19-10-8-17-35(43)36-18-9-11-20-44(36)49/h5-29H,1-4H3. The minimum absolute atomic E-state index is 0.116. The van der Waals surface area contributed by atoms with Gasteiger partial charge < -0.3 is 4.57 Å². The van der Waals surface area contributed by atoms with Crippen LogP contribution in [0.3, 0.4) is 0 Å². The lowest BCUT2D eigenvalue weighted by atomic mass is 9.72. The molecule has 1 heterocycles. The van der Waals surface area contributed by atoms with Gasteiger partial charge >= 0.3 is 0 Å². The molecule has 0 spiro atoms. The summed E-state index contributed by atoms with van der Waals surface area (Å²) in [5.74, 6) is 0. The molecule has 49 heavy (non-hydrogen) atoms. The molecule has 0 saturated heterocycles. The average molecular weight is 628 g/mol. The van der Waals surface area contributed by atoms with E-state index in [0.717, 1.165) is 0 Å². The lowest BCUT2D eigenvalue weighted by Gasteiger charge is -2.30. The highest BCUT2D eigenvalue weighted by Crippen LogP contribution is 2.59. The summed E-state index contributed by atoms with van der Waals surface area (Å²) in [7, 11) is 0. The monoisotopic (exact) mass is 627 g/mol. The maximum Gasteiger partial charge on any atom is 0.0541 e. The van der Waals surface area contributed by atoms with Gasteiger partial charge in [0, 0.05) is 27.3 Å². The van der Waals surface area contributed by atoms with Crippen LogP contribution in [-0.2, 0) is 10.8 Å². The highest BCUT2D eigenvalue weighted by molar-refractivity contribution is 6.09. The van der Waals surface area contributed by atoms with Gasteiger partial charge in [0.05, 0.1) is 11.0 Å². The van der Waals surface area contributed by atoms with E-state index in [1.807, 2.05) is 0 Å². The van der Waals surface area contributed by atoms with Crippen molar-refractivity contribution >= 4 is 21.8 Å². The van der Waals surface area contributed by atoms with Crippen LogP contribution in [0.5, 0.6) is 0 Å². The van der Waals surface area contributed by atoms with Gasteiger partial charge in [0.1, 0.15) is 0 Å². The Labute approximate surface area is 288 Å². The second kappa shape index (κ2) is 9.94. The minimum Gasteiger partial charge on any atom is -0.309 e. The molecule has 0 fully saturated rings. The predicted octanol–water partition coefficient (Wildman–Crippen LogP) is 12.7. The molecule has 7 aromatic carbocycles. The van der Waals surface area contributed by atoms with Gasteiger partial charge in [-0.15, -0.1) is 0 Å². The van der Waals surface area contributed by atoms with Crippen LogP contribution in [0, 0.1) is 0 Å². The van der Waals surface area contributed by atoms with E-state index in [0.29, 0.717) is 0 Å². The first-order valence-corrected chi connectivity index (χ1v) is 17.4. The number of benzene rings is 7. The van der Waals surface area contributed by atoms with Gasteiger partial charge in [-0.25, -0.2) is 0 Å². The highest BCUT2D eigenvalue weighted by Gasteiger charge is 2.45. The zero-order chi connectivity index (χ0) is 33.1. The van der Waals surface area contributed by atoms with Crippen LogP contribution in [0.25, 0.3) is 72.0 Å². The fourth-order valence-corrected chi connectivity index (χ4v) is 9.26. The SMILES string of the molecule is CC1(C)c2ccc(-c3cccc(-c4ccccc4)c3)cc2-c2ccc3c(c21)C(C)(C)c1ccc(-n2c4ccccc4c4ccccc42)cc1-3. The summed E-state index contributed by atoms with van der Waals surface area (Å²) in [5, 5.41) is 2.59. The fraction of sp³-hybridized carbons (Fsp3) is 0.125. The van der Waals surface area contributed by atoms with E-state index in [4.69, 9.17) is 0 Å². The summed E-state index contributed by atoms with van der Waals surface area (Å²) in [6, 6.07) is 56.4. The molecule has 8 aromatic rings. The van der Waals surface area contributed by atoms with E-state index < -0.39 is 0 Å². The summed E-state index contributed by atoms with van der Waals surface area (Å²) < 4.78 is 2.44. The Morgan fingerprint density at radius 2 is 0.857 bits per heavy atom. The number of hydrogen-bond donors (Lipinski definition) is 0. The molecule has 0 atom stereocenters. The Hall–Kier alpha value is -5.66. The Balaban J connectivity index is 1.13. The molecular formula is C48H37N. The lowest BCUT2D eigenvalue weighted by Crippen LogP contribution is -2.24. The van der Waals surface area contributed by atoms with Crippen LogP contribution in [-0.4, -0.2) is 4.57 Å². The quantitative estimate of drug-likeness (QED) is 0.184. The number of para-hydroxylation sites is 2. The van der Waals surface area contributed by atoms with E-state index in [9.17, 15) is 0 Å². The molecule has 0 bridgehead atoms. The molecule has 1 aromatic heterocycles. The summed E-state index contributed by atoms with van der Waals surface area (Å²) >= 11 is 0. The van der Waals surface area contributed by atoms with Crippen LogP contribution in [0.15, 0.2) is 152 Å². The van der Waals surface area contributed by atoms with Gasteiger partial charge in [-0.2, -0.15) is 0 Å². The molecule has 0 saturated carbocycles. The molecule has 0 aliphatic heterocycles. The Bertz CT molecular complexity index is 2590. The number of fused-ring (bicyclic) bond motifs is 10. The smallest absolute Gasteiger partial charge is 0.0541 e. The molecule has 0 amide bonds. The molecule has 1 nitrogen and oxygen atoms in total. The van der Waals surface area contributed by atoms with Crippen LogP contribution >= 0.6 is 0 Å². The molecule has 0 N–H and O–H groups in total. The average Bonchev–Trinajstić information content (AvgIpc) is 3.68. The first-order chi connectivity index (χ1) is 23.8. The van der Waals surface area contributed by atoms with Crippen molar-refractivity contribution in [1.29, 1.82) is 0 Å². The lowest BCUT2D eigenvalue weighted by molar-refractivity contribution is 0.601. The van der Waals surface area contributed by atoms with Crippen molar-refractivity contribution in [3.63, 3.8) is 0 Å². The maximum absolute atomic E-state index is 2.45. The Morgan fingerprint density at radius 3 is 1.49 bits per heavy atom. The maximum atomic E-state index is 2.45. The zero-order valence-electron chi connectivity index (χ0n) is 28.4. The van der Waals surface area contributed by atoms with Gasteiger partial charge in [-0.1, -0.05) is 143 Å². The van der Waals surface area contributed by atoms with E-state index in [1.54, 1.807) is 0 Å². The zero-order valence-corrected chi connectivity index (χ0v) is 28.4. The van der Waals surface area contributed by atoms with Gasteiger partial charge in [-0.3, -0.25) is 0 Å². The van der Waals surface area contributed by atoms with E-state index >= 15 is 0 Å². The minimum atomic E-state index is -0.123. The van der Waals surface area contributed by atoms with E-state index in [-0.39, 0.29) is 10.8 Å². The Morgan fingerprint density at radius 1 is 0.367 bits per heavy atom. The number of rotatable bonds is 3. The fourth-order valence-electron chi connectivity index (χ4n) is 9.26. The number of hydrogen-bond acceptors (Lipinski definition) is 0. The van der Waals surface area contributed by atoms with Gasteiger partial charge in [-0.05, 0) is 103 Å². The van der Waals surface area contributed by atoms with Gasteiger partial charge in [0.15, 0.2) is 0 Å². The second-order valence-electron chi connectivity index (χ2n) is 15.0. The van der Waals surface area contributed by atoms with Crippen LogP contribution in [0.2, 0.25) is 0 Å². The van der Waals surface area contributed by atoms with E-state index in [1.165, 1.54) is 94.3 Å². The largest absolute Gasteiger partial charge is 0.309 e. The summed E-state index contributed by atoms with van der Waals surface area (Å²) in [5.41, 5.74) is 19.7. The number of nitrogens with zero attached hydrogens (tertiary/aromatic N) is 1. The van der Waals surface area contributed by atoms with Crippen molar-refractivity contribution in [2.75, 3.05) is 0 Å². The van der Waals surface area contributed by atoms with E-state index in [2.05, 4.69) is 184 Å². The summed E-state index contributed by atoms with van der Waals surface area (Å²) in [6.45, 7) is 9.71. The topological polar surface area (TPSA) is 4.93 Å². The molecule has 10 rings (SSSR count). The predicted molar refractivity (Wildman–Crippen MR) is 207 cm³/mol. The first kappa shape index (κ1) is 28.4.